The lowest BCUT2D eigenvalue weighted by Gasteiger charge is -2.12. The Morgan fingerprint density at radius 1 is 1.47 bits per heavy atom. The standard InChI is InChI=1S/C14H21N3O.HI/c1-10(9-18-2)16-14(15)17-13-8-12(13)11-6-4-3-5-7-11;/h3-7,10,12-13H,8-9H2,1-2H3,(H3,15,16,17);1H. The number of nitrogens with two attached hydrogens (primary N) is 1. The minimum absolute atomic E-state index is 0. The van der Waals surface area contributed by atoms with E-state index in [-0.39, 0.29) is 30.0 Å². The van der Waals surface area contributed by atoms with Crippen molar-refractivity contribution in [3.05, 3.63) is 35.9 Å². The molecule has 1 aromatic rings. The summed E-state index contributed by atoms with van der Waals surface area (Å²) >= 11 is 0. The molecule has 4 nitrogen and oxygen atoms in total. The molecular formula is C14H22IN3O. The Balaban J connectivity index is 0.00000180. The predicted molar refractivity (Wildman–Crippen MR) is 89.1 cm³/mol. The number of benzene rings is 1. The molecule has 106 valence electrons. The Hall–Kier alpha value is -0.820. The second-order valence-corrected chi connectivity index (χ2v) is 4.84. The molecule has 0 bridgehead atoms. The van der Waals surface area contributed by atoms with Crippen molar-refractivity contribution in [3.8, 4) is 0 Å². The van der Waals surface area contributed by atoms with Crippen LogP contribution in [0.25, 0.3) is 0 Å². The summed E-state index contributed by atoms with van der Waals surface area (Å²) in [5, 5.41) is 3.13. The van der Waals surface area contributed by atoms with Crippen LogP contribution in [0.15, 0.2) is 35.3 Å². The summed E-state index contributed by atoms with van der Waals surface area (Å²) in [5.41, 5.74) is 7.22. The van der Waals surface area contributed by atoms with Crippen LogP contribution in [-0.2, 0) is 4.74 Å². The lowest BCUT2D eigenvalue weighted by atomic mass is 10.1. The van der Waals surface area contributed by atoms with Gasteiger partial charge in [-0.15, -0.1) is 24.0 Å². The second kappa shape index (κ2) is 7.69. The topological polar surface area (TPSA) is 59.6 Å². The molecule has 19 heavy (non-hydrogen) atoms. The molecular weight excluding hydrogens is 353 g/mol. The summed E-state index contributed by atoms with van der Waals surface area (Å²) in [6.07, 6.45) is 1.09. The Morgan fingerprint density at radius 2 is 2.16 bits per heavy atom. The maximum absolute atomic E-state index is 5.87. The molecule has 3 N–H and O–H groups in total. The fourth-order valence-electron chi connectivity index (χ4n) is 2.14. The second-order valence-electron chi connectivity index (χ2n) is 4.84. The molecule has 3 atom stereocenters. The quantitative estimate of drug-likeness (QED) is 0.471. The van der Waals surface area contributed by atoms with Crippen LogP contribution in [0, 0.1) is 0 Å². The number of hydrogen-bond acceptors (Lipinski definition) is 2. The van der Waals surface area contributed by atoms with E-state index in [0.717, 1.165) is 6.42 Å². The first-order valence-corrected chi connectivity index (χ1v) is 6.34. The largest absolute Gasteiger partial charge is 0.383 e. The fraction of sp³-hybridized carbons (Fsp3) is 0.500. The number of ether oxygens (including phenoxy) is 1. The Labute approximate surface area is 131 Å². The van der Waals surface area contributed by atoms with Crippen molar-refractivity contribution < 1.29 is 4.74 Å². The molecule has 0 aromatic heterocycles. The van der Waals surface area contributed by atoms with Crippen LogP contribution < -0.4 is 11.1 Å². The van der Waals surface area contributed by atoms with Crippen molar-refractivity contribution in [2.75, 3.05) is 13.7 Å². The number of nitrogens with one attached hydrogen (secondary N) is 1. The highest BCUT2D eigenvalue weighted by Gasteiger charge is 2.38. The van der Waals surface area contributed by atoms with Crippen LogP contribution in [0.2, 0.25) is 0 Å². The maximum Gasteiger partial charge on any atom is 0.189 e. The number of halogens is 1. The Morgan fingerprint density at radius 3 is 2.79 bits per heavy atom. The van der Waals surface area contributed by atoms with Crippen molar-refractivity contribution in [3.63, 3.8) is 0 Å². The third-order valence-corrected chi connectivity index (χ3v) is 3.10. The smallest absolute Gasteiger partial charge is 0.189 e. The van der Waals surface area contributed by atoms with Crippen LogP contribution in [-0.4, -0.2) is 31.8 Å². The van der Waals surface area contributed by atoms with Crippen LogP contribution >= 0.6 is 24.0 Å². The summed E-state index contributed by atoms with van der Waals surface area (Å²) in [5.74, 6) is 1.05. The van der Waals surface area contributed by atoms with E-state index < -0.39 is 0 Å². The first kappa shape index (κ1) is 16.2. The zero-order valence-corrected chi connectivity index (χ0v) is 13.7. The molecule has 0 radical (unpaired) electrons. The number of nitrogens with zero attached hydrogens (tertiary/aromatic N) is 1. The summed E-state index contributed by atoms with van der Waals surface area (Å²) in [7, 11) is 1.68. The molecule has 1 aliphatic rings. The number of methoxy groups -OCH3 is 1. The lowest BCUT2D eigenvalue weighted by molar-refractivity contribution is 0.179. The van der Waals surface area contributed by atoms with E-state index in [2.05, 4.69) is 34.6 Å². The number of hydrogen-bond donors (Lipinski definition) is 2. The van der Waals surface area contributed by atoms with Gasteiger partial charge in [-0.1, -0.05) is 30.3 Å². The van der Waals surface area contributed by atoms with Gasteiger partial charge in [-0.25, -0.2) is 4.99 Å². The van der Waals surface area contributed by atoms with Crippen LogP contribution in [0.5, 0.6) is 0 Å². The number of aliphatic imine (C=N–C) groups is 1. The molecule has 1 fully saturated rings. The van der Waals surface area contributed by atoms with Gasteiger partial charge in [0.15, 0.2) is 5.96 Å². The molecule has 3 unspecified atom stereocenters. The third-order valence-electron chi connectivity index (χ3n) is 3.10. The summed E-state index contributed by atoms with van der Waals surface area (Å²) in [6.45, 7) is 2.65. The Kier molecular flexibility index (Phi) is 6.57. The van der Waals surface area contributed by atoms with Crippen molar-refractivity contribution in [2.24, 2.45) is 10.7 Å². The van der Waals surface area contributed by atoms with Gasteiger partial charge in [0, 0.05) is 19.1 Å². The SMILES string of the molecule is COCC(C)NC(N)=NC1CC1c1ccccc1.I. The molecule has 0 aliphatic heterocycles. The predicted octanol–water partition coefficient (Wildman–Crippen LogP) is 2.10. The van der Waals surface area contributed by atoms with Crippen LogP contribution in [0.1, 0.15) is 24.8 Å². The summed E-state index contributed by atoms with van der Waals surface area (Å²) in [4.78, 5) is 4.50. The first-order valence-electron chi connectivity index (χ1n) is 6.34. The molecule has 5 heteroatoms. The highest BCUT2D eigenvalue weighted by molar-refractivity contribution is 14.0. The van der Waals surface area contributed by atoms with Crippen LogP contribution in [0.4, 0.5) is 0 Å². The van der Waals surface area contributed by atoms with Crippen molar-refractivity contribution in [1.29, 1.82) is 0 Å². The molecule has 1 saturated carbocycles. The van der Waals surface area contributed by atoms with Gasteiger partial charge < -0.3 is 15.8 Å². The highest BCUT2D eigenvalue weighted by Crippen LogP contribution is 2.43. The zero-order chi connectivity index (χ0) is 13.0. The zero-order valence-electron chi connectivity index (χ0n) is 11.4. The van der Waals surface area contributed by atoms with Gasteiger partial charge in [-0.2, -0.15) is 0 Å². The van der Waals surface area contributed by atoms with E-state index in [1.807, 2.05) is 13.0 Å². The lowest BCUT2D eigenvalue weighted by Crippen LogP contribution is -2.40. The van der Waals surface area contributed by atoms with E-state index in [4.69, 9.17) is 10.5 Å². The fourth-order valence-corrected chi connectivity index (χ4v) is 2.14. The van der Waals surface area contributed by atoms with Crippen molar-refractivity contribution in [1.82, 2.24) is 5.32 Å². The Bertz CT molecular complexity index is 410. The summed E-state index contributed by atoms with van der Waals surface area (Å²) in [6, 6.07) is 11.0. The van der Waals surface area contributed by atoms with Gasteiger partial charge in [-0.3, -0.25) is 0 Å². The minimum Gasteiger partial charge on any atom is -0.383 e. The average molecular weight is 375 g/mol. The maximum atomic E-state index is 5.87. The van der Waals surface area contributed by atoms with Gasteiger partial charge >= 0.3 is 0 Å². The minimum atomic E-state index is 0. The molecule has 0 spiro atoms. The van der Waals surface area contributed by atoms with E-state index in [9.17, 15) is 0 Å². The van der Waals surface area contributed by atoms with E-state index in [1.165, 1.54) is 5.56 Å². The normalized spacial score (nSPS) is 23.4. The molecule has 1 aliphatic carbocycles. The van der Waals surface area contributed by atoms with Gasteiger partial charge in [0.25, 0.3) is 0 Å². The number of rotatable bonds is 5. The van der Waals surface area contributed by atoms with Gasteiger partial charge in [0.2, 0.25) is 0 Å². The van der Waals surface area contributed by atoms with Crippen LogP contribution in [0.3, 0.4) is 0 Å². The first-order chi connectivity index (χ1) is 8.70. The van der Waals surface area contributed by atoms with E-state index in [0.29, 0.717) is 24.5 Å². The summed E-state index contributed by atoms with van der Waals surface area (Å²) < 4.78 is 5.04. The number of guanidine groups is 1. The monoisotopic (exact) mass is 375 g/mol. The molecule has 1 aromatic carbocycles. The third kappa shape index (κ3) is 4.99. The van der Waals surface area contributed by atoms with E-state index in [1.54, 1.807) is 7.11 Å². The molecule has 0 amide bonds. The van der Waals surface area contributed by atoms with Crippen molar-refractivity contribution >= 4 is 29.9 Å². The molecule has 0 saturated heterocycles. The highest BCUT2D eigenvalue weighted by atomic mass is 127. The van der Waals surface area contributed by atoms with Crippen molar-refractivity contribution in [2.45, 2.75) is 31.3 Å². The van der Waals surface area contributed by atoms with Gasteiger partial charge in [-0.05, 0) is 18.9 Å². The molecule has 2 rings (SSSR count). The molecule has 0 heterocycles. The van der Waals surface area contributed by atoms with Gasteiger partial charge in [0.05, 0.1) is 12.6 Å². The van der Waals surface area contributed by atoms with Gasteiger partial charge in [0.1, 0.15) is 0 Å². The average Bonchev–Trinajstić information content (AvgIpc) is 3.09. The van der Waals surface area contributed by atoms with E-state index >= 15 is 0 Å².